The summed E-state index contributed by atoms with van der Waals surface area (Å²) >= 11 is 2.98. The van der Waals surface area contributed by atoms with Crippen LogP contribution in [0.4, 0.5) is 0 Å². The summed E-state index contributed by atoms with van der Waals surface area (Å²) < 4.78 is 4.56. The van der Waals surface area contributed by atoms with Crippen molar-refractivity contribution in [3.05, 3.63) is 10.6 Å². The van der Waals surface area contributed by atoms with Crippen LogP contribution in [0.25, 0.3) is 0 Å². The lowest BCUT2D eigenvalue weighted by atomic mass is 10.4. The third-order valence-corrected chi connectivity index (χ3v) is 1.10. The van der Waals surface area contributed by atoms with Gasteiger partial charge in [-0.25, -0.2) is 0 Å². The van der Waals surface area contributed by atoms with Crippen molar-refractivity contribution < 1.29 is 9.63 Å². The third-order valence-electron chi connectivity index (χ3n) is 0.779. The zero-order valence-electron chi connectivity index (χ0n) is 4.54. The lowest BCUT2D eigenvalue weighted by Crippen LogP contribution is -1.91. The average molecular weight is 193 g/mol. The third kappa shape index (κ3) is 1.76. The molecule has 0 saturated carbocycles. The molecule has 0 saturated heterocycles. The van der Waals surface area contributed by atoms with Gasteiger partial charge >= 0.3 is 0 Å². The van der Waals surface area contributed by atoms with Crippen molar-refractivity contribution in [2.75, 3.05) is 6.61 Å². The summed E-state index contributed by atoms with van der Waals surface area (Å²) in [5.74, 6) is 0.518. The van der Waals surface area contributed by atoms with E-state index in [2.05, 4.69) is 30.6 Å². The first-order valence-electron chi connectivity index (χ1n) is 2.42. The van der Waals surface area contributed by atoms with Gasteiger partial charge in [0.15, 0.2) is 5.82 Å². The van der Waals surface area contributed by atoms with Gasteiger partial charge in [0.2, 0.25) is 0 Å². The van der Waals surface area contributed by atoms with Crippen LogP contribution in [0.1, 0.15) is 5.82 Å². The Morgan fingerprint density at radius 1 is 1.67 bits per heavy atom. The molecule has 0 bridgehead atoms. The maximum atomic E-state index is 8.39. The zero-order chi connectivity index (χ0) is 6.69. The largest absolute Gasteiger partial charge is 0.396 e. The quantitative estimate of drug-likeness (QED) is 0.736. The van der Waals surface area contributed by atoms with Crippen LogP contribution in [0, 0.1) is 0 Å². The van der Waals surface area contributed by atoms with E-state index in [1.807, 2.05) is 0 Å². The van der Waals surface area contributed by atoms with E-state index in [-0.39, 0.29) is 6.61 Å². The second-order valence-corrected chi connectivity index (χ2v) is 2.12. The molecule has 0 spiro atoms. The van der Waals surface area contributed by atoms with Crippen LogP contribution in [-0.4, -0.2) is 21.9 Å². The topological polar surface area (TPSA) is 59.2 Å². The number of rotatable bonds is 2. The van der Waals surface area contributed by atoms with E-state index >= 15 is 0 Å². The fourth-order valence-electron chi connectivity index (χ4n) is 0.434. The molecule has 4 nitrogen and oxygen atoms in total. The summed E-state index contributed by atoms with van der Waals surface area (Å²) in [5, 5.41) is 11.9. The van der Waals surface area contributed by atoms with E-state index in [0.29, 0.717) is 17.0 Å². The van der Waals surface area contributed by atoms with E-state index in [1.165, 1.54) is 0 Å². The molecule has 1 aromatic heterocycles. The van der Waals surface area contributed by atoms with E-state index < -0.39 is 0 Å². The van der Waals surface area contributed by atoms with Gasteiger partial charge in [-0.05, 0) is 0 Å². The highest BCUT2D eigenvalue weighted by Crippen LogP contribution is 2.04. The van der Waals surface area contributed by atoms with Crippen LogP contribution in [0.15, 0.2) is 9.32 Å². The van der Waals surface area contributed by atoms with Crippen molar-refractivity contribution in [1.82, 2.24) is 10.1 Å². The minimum absolute atomic E-state index is 0.0476. The number of aliphatic hydroxyl groups excluding tert-OH is 1. The van der Waals surface area contributed by atoms with Gasteiger partial charge in [-0.15, -0.1) is 0 Å². The van der Waals surface area contributed by atoms with Crippen molar-refractivity contribution in [2.24, 2.45) is 0 Å². The maximum Gasteiger partial charge on any atom is 0.293 e. The van der Waals surface area contributed by atoms with Gasteiger partial charge in [0.05, 0.1) is 6.61 Å². The normalized spacial score (nSPS) is 10.0. The van der Waals surface area contributed by atoms with E-state index in [4.69, 9.17) is 5.11 Å². The minimum Gasteiger partial charge on any atom is -0.396 e. The van der Waals surface area contributed by atoms with Gasteiger partial charge < -0.3 is 9.63 Å². The van der Waals surface area contributed by atoms with Crippen LogP contribution in [0.3, 0.4) is 0 Å². The van der Waals surface area contributed by atoms with Crippen LogP contribution >= 0.6 is 15.9 Å². The highest BCUT2D eigenvalue weighted by molar-refractivity contribution is 9.10. The Bertz CT molecular complexity index is 188. The summed E-state index contributed by atoms with van der Waals surface area (Å²) in [6.45, 7) is 0.0476. The minimum atomic E-state index is 0.0476. The molecular weight excluding hydrogens is 188 g/mol. The predicted octanol–water partition coefficient (Wildman–Crippen LogP) is 0.367. The Morgan fingerprint density at radius 3 is 2.89 bits per heavy atom. The Labute approximate surface area is 60.0 Å². The summed E-state index contributed by atoms with van der Waals surface area (Å²) in [5.41, 5.74) is 0. The average Bonchev–Trinajstić information content (AvgIpc) is 2.17. The summed E-state index contributed by atoms with van der Waals surface area (Å²) in [6, 6.07) is 0. The predicted molar refractivity (Wildman–Crippen MR) is 32.8 cm³/mol. The van der Waals surface area contributed by atoms with Gasteiger partial charge in [-0.1, -0.05) is 5.16 Å². The molecule has 5 heteroatoms. The first-order valence-corrected chi connectivity index (χ1v) is 3.21. The van der Waals surface area contributed by atoms with Crippen LogP contribution in [0.2, 0.25) is 0 Å². The first kappa shape index (κ1) is 6.70. The molecule has 9 heavy (non-hydrogen) atoms. The molecule has 0 aliphatic carbocycles. The molecule has 0 aliphatic rings. The van der Waals surface area contributed by atoms with Crippen molar-refractivity contribution in [1.29, 1.82) is 0 Å². The number of aromatic nitrogens is 2. The number of aliphatic hydroxyl groups is 1. The van der Waals surface area contributed by atoms with E-state index in [0.717, 1.165) is 0 Å². The summed E-state index contributed by atoms with van der Waals surface area (Å²) in [7, 11) is 0. The van der Waals surface area contributed by atoms with Gasteiger partial charge in [0.1, 0.15) is 0 Å². The SMILES string of the molecule is OCCc1noc(Br)n1. The Hall–Kier alpha value is -0.420. The first-order chi connectivity index (χ1) is 4.33. The molecule has 0 aromatic carbocycles. The molecule has 0 fully saturated rings. The van der Waals surface area contributed by atoms with E-state index in [9.17, 15) is 0 Å². The molecular formula is C4H5BrN2O2. The molecule has 0 amide bonds. The van der Waals surface area contributed by atoms with Gasteiger partial charge in [0.25, 0.3) is 4.80 Å². The fraction of sp³-hybridized carbons (Fsp3) is 0.500. The van der Waals surface area contributed by atoms with Crippen molar-refractivity contribution in [3.63, 3.8) is 0 Å². The van der Waals surface area contributed by atoms with Crippen LogP contribution in [-0.2, 0) is 6.42 Å². The van der Waals surface area contributed by atoms with Crippen molar-refractivity contribution >= 4 is 15.9 Å². The van der Waals surface area contributed by atoms with Gasteiger partial charge in [-0.2, -0.15) is 4.98 Å². The number of hydrogen-bond donors (Lipinski definition) is 1. The summed E-state index contributed by atoms with van der Waals surface area (Å²) in [6.07, 6.45) is 0.440. The second kappa shape index (κ2) is 2.93. The number of nitrogens with zero attached hydrogens (tertiary/aromatic N) is 2. The van der Waals surface area contributed by atoms with E-state index in [1.54, 1.807) is 0 Å². The fourth-order valence-corrected chi connectivity index (χ4v) is 0.711. The lowest BCUT2D eigenvalue weighted by molar-refractivity contribution is 0.293. The molecule has 1 aromatic rings. The van der Waals surface area contributed by atoms with Crippen LogP contribution < -0.4 is 0 Å². The Morgan fingerprint density at radius 2 is 2.44 bits per heavy atom. The van der Waals surface area contributed by atoms with Crippen molar-refractivity contribution in [2.45, 2.75) is 6.42 Å². The molecule has 1 rings (SSSR count). The number of halogens is 1. The smallest absolute Gasteiger partial charge is 0.293 e. The maximum absolute atomic E-state index is 8.39. The Kier molecular flexibility index (Phi) is 2.18. The standard InChI is InChI=1S/C4H5BrN2O2/c5-4-6-3(1-2-8)7-9-4/h8H,1-2H2. The lowest BCUT2D eigenvalue weighted by Gasteiger charge is -1.81. The zero-order valence-corrected chi connectivity index (χ0v) is 6.13. The molecule has 0 radical (unpaired) electrons. The van der Waals surface area contributed by atoms with Gasteiger partial charge in [-0.3, -0.25) is 0 Å². The number of hydrogen-bond acceptors (Lipinski definition) is 4. The molecule has 0 unspecified atom stereocenters. The monoisotopic (exact) mass is 192 g/mol. The highest BCUT2D eigenvalue weighted by atomic mass is 79.9. The molecule has 1 N–H and O–H groups in total. The Balaban J connectivity index is 2.61. The second-order valence-electron chi connectivity index (χ2n) is 1.44. The molecule has 50 valence electrons. The van der Waals surface area contributed by atoms with Crippen molar-refractivity contribution in [3.8, 4) is 0 Å². The van der Waals surface area contributed by atoms with Gasteiger partial charge in [0, 0.05) is 22.4 Å². The highest BCUT2D eigenvalue weighted by Gasteiger charge is 1.99. The molecule has 0 aliphatic heterocycles. The molecule has 1 heterocycles. The summed E-state index contributed by atoms with van der Waals surface area (Å²) in [4.78, 5) is 4.13. The van der Waals surface area contributed by atoms with Crippen LogP contribution in [0.5, 0.6) is 0 Å². The molecule has 0 atom stereocenters.